The highest BCUT2D eigenvalue weighted by molar-refractivity contribution is 7.97. The molecule has 1 saturated carbocycles. The predicted molar refractivity (Wildman–Crippen MR) is 123 cm³/mol. The Labute approximate surface area is 187 Å². The van der Waals surface area contributed by atoms with Crippen molar-refractivity contribution < 1.29 is 9.90 Å². The van der Waals surface area contributed by atoms with E-state index in [2.05, 4.69) is 46.4 Å². The molecule has 0 bridgehead atoms. The fourth-order valence-electron chi connectivity index (χ4n) is 3.44. The molecule has 2 aliphatic rings. The summed E-state index contributed by atoms with van der Waals surface area (Å²) in [5.74, 6) is 6.73. The van der Waals surface area contributed by atoms with Crippen LogP contribution in [0.2, 0.25) is 0 Å². The minimum atomic E-state index is -0.757. The number of amides is 2. The summed E-state index contributed by atoms with van der Waals surface area (Å²) in [5, 5.41) is 10.2. The van der Waals surface area contributed by atoms with Crippen LogP contribution in [0.1, 0.15) is 32.4 Å². The van der Waals surface area contributed by atoms with Gasteiger partial charge in [-0.15, -0.1) is 0 Å². The number of rotatable bonds is 4. The average molecular weight is 443 g/mol. The third-order valence-corrected chi connectivity index (χ3v) is 6.35. The molecule has 9 heteroatoms. The summed E-state index contributed by atoms with van der Waals surface area (Å²) < 4.78 is 5.20. The second kappa shape index (κ2) is 8.61. The van der Waals surface area contributed by atoms with E-state index in [4.69, 9.17) is 0 Å². The lowest BCUT2D eigenvalue weighted by Crippen LogP contribution is -2.51. The maximum atomic E-state index is 12.3. The van der Waals surface area contributed by atoms with Crippen molar-refractivity contribution in [2.24, 2.45) is 5.92 Å². The highest BCUT2D eigenvalue weighted by atomic mass is 32.2. The van der Waals surface area contributed by atoms with Crippen LogP contribution in [0.5, 0.6) is 0 Å². The number of carbonyl (C=O) groups excluding carboxylic acids is 1. The van der Waals surface area contributed by atoms with Gasteiger partial charge in [0.2, 0.25) is 0 Å². The van der Waals surface area contributed by atoms with Crippen LogP contribution in [-0.2, 0) is 0 Å². The van der Waals surface area contributed by atoms with Gasteiger partial charge in [-0.3, -0.25) is 4.40 Å². The minimum Gasteiger partial charge on any atom is -0.375 e. The fraction of sp³-hybridized carbons (Fsp3) is 0.545. The molecule has 2 aromatic rings. The summed E-state index contributed by atoms with van der Waals surface area (Å²) >= 11 is 1.43. The van der Waals surface area contributed by atoms with E-state index in [-0.39, 0.29) is 11.9 Å². The molecule has 0 unspecified atom stereocenters. The van der Waals surface area contributed by atoms with Crippen LogP contribution in [0.25, 0.3) is 5.65 Å². The number of aliphatic hydroxyl groups is 1. The van der Waals surface area contributed by atoms with Gasteiger partial charge in [0.15, 0.2) is 5.65 Å². The Balaban J connectivity index is 1.63. The zero-order valence-corrected chi connectivity index (χ0v) is 19.4. The van der Waals surface area contributed by atoms with Crippen LogP contribution >= 0.6 is 11.9 Å². The van der Waals surface area contributed by atoms with Crippen molar-refractivity contribution >= 4 is 29.3 Å². The molecular formula is C22H30N6O2S. The number of imidazole rings is 1. The number of anilines is 1. The molecule has 1 saturated heterocycles. The van der Waals surface area contributed by atoms with Gasteiger partial charge in [-0.1, -0.05) is 19.8 Å². The maximum absolute atomic E-state index is 12.3. The van der Waals surface area contributed by atoms with Crippen LogP contribution in [0, 0.1) is 17.8 Å². The minimum absolute atomic E-state index is 0.0445. The summed E-state index contributed by atoms with van der Waals surface area (Å²) in [4.78, 5) is 23.7. The lowest BCUT2D eigenvalue weighted by atomic mass is 10.2. The van der Waals surface area contributed by atoms with Crippen molar-refractivity contribution in [1.82, 2.24) is 23.9 Å². The number of pyridine rings is 1. The first-order valence-corrected chi connectivity index (χ1v) is 11.5. The van der Waals surface area contributed by atoms with Crippen LogP contribution in [-0.4, -0.2) is 76.3 Å². The normalized spacial score (nSPS) is 17.6. The topological polar surface area (TPSA) is 76.4 Å². The van der Waals surface area contributed by atoms with E-state index in [9.17, 15) is 9.90 Å². The van der Waals surface area contributed by atoms with Gasteiger partial charge in [-0.05, 0) is 36.8 Å². The standard InChI is InChI=1S/C22H30N6O2S/c1-16(2)5-6-17-14-23-20-19(26-9-11-27(12-10-26)21(29)25(3)4)13-18(15-28(17)20)31-24-22(30)7-8-22/h13-16,24,30H,7-12H2,1-4H3. The SMILES string of the molecule is CC(C)C#Cc1cnc2c(N3CCN(C(=O)N(C)C)CC3)cc(SNC3(O)CC3)cn12. The Bertz CT molecular complexity index is 1030. The van der Waals surface area contributed by atoms with Gasteiger partial charge in [0.25, 0.3) is 0 Å². The van der Waals surface area contributed by atoms with Gasteiger partial charge in [0.1, 0.15) is 11.4 Å². The summed E-state index contributed by atoms with van der Waals surface area (Å²) in [5.41, 5.74) is 1.96. The Hall–Kier alpha value is -2.41. The van der Waals surface area contributed by atoms with E-state index in [0.717, 1.165) is 47.9 Å². The smallest absolute Gasteiger partial charge is 0.319 e. The molecule has 1 aliphatic carbocycles. The number of piperazine rings is 1. The number of carbonyl (C=O) groups is 1. The highest BCUT2D eigenvalue weighted by Gasteiger charge is 2.40. The molecule has 1 aliphatic heterocycles. The lowest BCUT2D eigenvalue weighted by Gasteiger charge is -2.37. The van der Waals surface area contributed by atoms with Gasteiger partial charge in [0, 0.05) is 57.3 Å². The molecule has 2 aromatic heterocycles. The molecule has 4 rings (SSSR count). The van der Waals surface area contributed by atoms with Crippen LogP contribution in [0.4, 0.5) is 10.5 Å². The lowest BCUT2D eigenvalue weighted by molar-refractivity contribution is 0.142. The quantitative estimate of drug-likeness (QED) is 0.430. The van der Waals surface area contributed by atoms with Crippen LogP contribution in [0.15, 0.2) is 23.4 Å². The summed E-state index contributed by atoms with van der Waals surface area (Å²) in [6.45, 7) is 6.94. The van der Waals surface area contributed by atoms with E-state index in [1.54, 1.807) is 19.0 Å². The molecule has 8 nitrogen and oxygen atoms in total. The molecule has 0 aromatic carbocycles. The fourth-order valence-corrected chi connectivity index (χ4v) is 4.28. The van der Waals surface area contributed by atoms with E-state index >= 15 is 0 Å². The van der Waals surface area contributed by atoms with Crippen molar-refractivity contribution in [2.45, 2.75) is 37.3 Å². The largest absolute Gasteiger partial charge is 0.375 e. The van der Waals surface area contributed by atoms with Crippen LogP contribution < -0.4 is 9.62 Å². The van der Waals surface area contributed by atoms with Crippen molar-refractivity contribution in [3.63, 3.8) is 0 Å². The first kappa shape index (κ1) is 21.8. The zero-order chi connectivity index (χ0) is 22.2. The number of aromatic nitrogens is 2. The Morgan fingerprint density at radius 2 is 2.00 bits per heavy atom. The van der Waals surface area contributed by atoms with Gasteiger partial charge in [-0.2, -0.15) is 0 Å². The number of urea groups is 1. The highest BCUT2D eigenvalue weighted by Crippen LogP contribution is 2.36. The molecule has 2 N–H and O–H groups in total. The number of hydrogen-bond acceptors (Lipinski definition) is 6. The second-order valence-corrected chi connectivity index (χ2v) is 9.59. The third kappa shape index (κ3) is 4.92. The van der Waals surface area contributed by atoms with Gasteiger partial charge in [0.05, 0.1) is 11.9 Å². The van der Waals surface area contributed by atoms with Crippen LogP contribution in [0.3, 0.4) is 0 Å². The average Bonchev–Trinajstić information content (AvgIpc) is 3.35. The van der Waals surface area contributed by atoms with Gasteiger partial charge >= 0.3 is 6.03 Å². The van der Waals surface area contributed by atoms with Crippen molar-refractivity contribution in [3.8, 4) is 11.8 Å². The van der Waals surface area contributed by atoms with Crippen molar-refractivity contribution in [1.29, 1.82) is 0 Å². The molecule has 0 radical (unpaired) electrons. The summed E-state index contributed by atoms with van der Waals surface area (Å²) in [7, 11) is 3.56. The number of nitrogens with zero attached hydrogens (tertiary/aromatic N) is 5. The first-order valence-electron chi connectivity index (χ1n) is 10.7. The maximum Gasteiger partial charge on any atom is 0.319 e. The van der Waals surface area contributed by atoms with Crippen molar-refractivity contribution in [3.05, 3.63) is 24.2 Å². The van der Waals surface area contributed by atoms with Gasteiger partial charge in [-0.25, -0.2) is 14.5 Å². The van der Waals surface area contributed by atoms with E-state index < -0.39 is 5.72 Å². The number of nitrogens with one attached hydrogen (secondary N) is 1. The Morgan fingerprint density at radius 3 is 2.61 bits per heavy atom. The van der Waals surface area contributed by atoms with Gasteiger partial charge < -0.3 is 19.8 Å². The molecule has 166 valence electrons. The molecule has 2 fully saturated rings. The van der Waals surface area contributed by atoms with Crippen molar-refractivity contribution in [2.75, 3.05) is 45.2 Å². The zero-order valence-electron chi connectivity index (χ0n) is 18.6. The monoisotopic (exact) mass is 442 g/mol. The molecule has 0 spiro atoms. The molecule has 0 atom stereocenters. The molecule has 3 heterocycles. The molecule has 2 amide bonds. The molecular weight excluding hydrogens is 412 g/mol. The predicted octanol–water partition coefficient (Wildman–Crippen LogP) is 2.22. The van der Waals surface area contributed by atoms with E-state index in [0.29, 0.717) is 13.1 Å². The summed E-state index contributed by atoms with van der Waals surface area (Å²) in [6.07, 6.45) is 5.38. The van der Waals surface area contributed by atoms with E-state index in [1.807, 2.05) is 21.7 Å². The Kier molecular flexibility index (Phi) is 6.06. The number of hydrogen-bond donors (Lipinski definition) is 2. The first-order chi connectivity index (χ1) is 14.8. The number of fused-ring (bicyclic) bond motifs is 1. The third-order valence-electron chi connectivity index (χ3n) is 5.41. The molecule has 31 heavy (non-hydrogen) atoms. The van der Waals surface area contributed by atoms with E-state index in [1.165, 1.54) is 11.9 Å². The summed E-state index contributed by atoms with van der Waals surface area (Å²) in [6, 6.07) is 2.15. The Morgan fingerprint density at radius 1 is 1.29 bits per heavy atom. The second-order valence-electron chi connectivity index (χ2n) is 8.71.